The monoisotopic (exact) mass is 369 g/mol. The summed E-state index contributed by atoms with van der Waals surface area (Å²) in [5, 5.41) is 12.3. The molecule has 0 aromatic heterocycles. The lowest BCUT2D eigenvalue weighted by molar-refractivity contribution is -0.121. The molecule has 144 valence electrons. The van der Waals surface area contributed by atoms with Gasteiger partial charge in [-0.25, -0.2) is 0 Å². The van der Waals surface area contributed by atoms with Gasteiger partial charge in [0.05, 0.1) is 6.10 Å². The number of nitrogens with one attached hydrogen (secondary N) is 1. The van der Waals surface area contributed by atoms with Crippen molar-refractivity contribution < 1.29 is 19.4 Å². The van der Waals surface area contributed by atoms with Gasteiger partial charge in [0.2, 0.25) is 5.91 Å². The quantitative estimate of drug-likeness (QED) is 0.773. The molecule has 0 saturated carbocycles. The molecular weight excluding hydrogens is 342 g/mol. The number of phenolic OH excluding ortho intramolecular Hbond substituents is 1. The minimum Gasteiger partial charge on any atom is -0.508 e. The first-order chi connectivity index (χ1) is 13.0. The molecule has 0 aliphatic carbocycles. The van der Waals surface area contributed by atoms with Crippen LogP contribution < -0.4 is 10.1 Å². The molecule has 2 aromatic carbocycles. The summed E-state index contributed by atoms with van der Waals surface area (Å²) in [5.74, 6) is 1.77. The van der Waals surface area contributed by atoms with Crippen LogP contribution in [-0.2, 0) is 16.0 Å². The van der Waals surface area contributed by atoms with Crippen molar-refractivity contribution >= 4 is 5.91 Å². The molecule has 1 heterocycles. The maximum Gasteiger partial charge on any atom is 0.220 e. The lowest BCUT2D eigenvalue weighted by Crippen LogP contribution is -2.31. The Bertz CT molecular complexity index is 756. The van der Waals surface area contributed by atoms with E-state index in [1.54, 1.807) is 24.3 Å². The summed E-state index contributed by atoms with van der Waals surface area (Å²) >= 11 is 0. The third-order valence-corrected chi connectivity index (χ3v) is 4.77. The Morgan fingerprint density at radius 3 is 2.56 bits per heavy atom. The van der Waals surface area contributed by atoms with E-state index in [-0.39, 0.29) is 17.8 Å². The van der Waals surface area contributed by atoms with Crippen molar-refractivity contribution in [2.24, 2.45) is 0 Å². The molecule has 27 heavy (non-hydrogen) atoms. The van der Waals surface area contributed by atoms with Crippen molar-refractivity contribution in [1.29, 1.82) is 0 Å². The molecular formula is C22H27NO4. The number of benzene rings is 2. The molecule has 1 saturated heterocycles. The highest BCUT2D eigenvalue weighted by molar-refractivity contribution is 5.76. The van der Waals surface area contributed by atoms with Crippen LogP contribution in [-0.4, -0.2) is 30.3 Å². The summed E-state index contributed by atoms with van der Waals surface area (Å²) in [4.78, 5) is 12.1. The molecule has 3 rings (SSSR count). The highest BCUT2D eigenvalue weighted by atomic mass is 16.5. The predicted molar refractivity (Wildman–Crippen MR) is 104 cm³/mol. The van der Waals surface area contributed by atoms with Gasteiger partial charge < -0.3 is 19.9 Å². The number of amides is 1. The van der Waals surface area contributed by atoms with E-state index in [1.807, 2.05) is 13.8 Å². The summed E-state index contributed by atoms with van der Waals surface area (Å²) < 4.78 is 11.5. The summed E-state index contributed by atoms with van der Waals surface area (Å²) in [6.07, 6.45) is 3.44. The SMILES string of the molecule is Cc1cc(CCC(=O)NCC2CCCO2)cc(C)c1Oc1ccc(O)cc1. The highest BCUT2D eigenvalue weighted by Gasteiger charge is 2.16. The Morgan fingerprint density at radius 1 is 1.22 bits per heavy atom. The van der Waals surface area contributed by atoms with Gasteiger partial charge in [0.25, 0.3) is 0 Å². The van der Waals surface area contributed by atoms with E-state index in [0.29, 0.717) is 25.1 Å². The van der Waals surface area contributed by atoms with Crippen LogP contribution in [0.25, 0.3) is 0 Å². The number of hydrogen-bond acceptors (Lipinski definition) is 4. The number of rotatable bonds is 7. The lowest BCUT2D eigenvalue weighted by Gasteiger charge is -2.14. The normalized spacial score (nSPS) is 16.3. The van der Waals surface area contributed by atoms with E-state index in [4.69, 9.17) is 9.47 Å². The molecule has 0 spiro atoms. The molecule has 2 N–H and O–H groups in total. The predicted octanol–water partition coefficient (Wildman–Crippen LogP) is 4.03. The Balaban J connectivity index is 1.55. The zero-order valence-corrected chi connectivity index (χ0v) is 16.0. The van der Waals surface area contributed by atoms with E-state index in [9.17, 15) is 9.90 Å². The summed E-state index contributed by atoms with van der Waals surface area (Å²) in [6, 6.07) is 10.8. The van der Waals surface area contributed by atoms with Crippen molar-refractivity contribution in [3.05, 3.63) is 53.1 Å². The molecule has 0 radical (unpaired) electrons. The minimum atomic E-state index is 0.0604. The van der Waals surface area contributed by atoms with E-state index in [0.717, 1.165) is 41.9 Å². The number of aryl methyl sites for hydroxylation is 3. The number of ether oxygens (including phenoxy) is 2. The second-order valence-electron chi connectivity index (χ2n) is 7.09. The highest BCUT2D eigenvalue weighted by Crippen LogP contribution is 2.31. The number of hydrogen-bond donors (Lipinski definition) is 2. The van der Waals surface area contributed by atoms with Crippen molar-refractivity contribution in [1.82, 2.24) is 5.32 Å². The van der Waals surface area contributed by atoms with Crippen LogP contribution in [0.5, 0.6) is 17.2 Å². The topological polar surface area (TPSA) is 67.8 Å². The zero-order valence-electron chi connectivity index (χ0n) is 16.0. The van der Waals surface area contributed by atoms with E-state index in [2.05, 4.69) is 17.4 Å². The molecule has 1 aliphatic rings. The van der Waals surface area contributed by atoms with Crippen molar-refractivity contribution in [3.8, 4) is 17.2 Å². The Kier molecular flexibility index (Phi) is 6.35. The fraction of sp³-hybridized carbons (Fsp3) is 0.409. The Labute approximate surface area is 160 Å². The number of carbonyl (C=O) groups is 1. The van der Waals surface area contributed by atoms with Gasteiger partial charge in [-0.2, -0.15) is 0 Å². The maximum absolute atomic E-state index is 12.1. The Hall–Kier alpha value is -2.53. The van der Waals surface area contributed by atoms with Crippen molar-refractivity contribution in [2.45, 2.75) is 45.6 Å². The first-order valence-electron chi connectivity index (χ1n) is 9.46. The molecule has 0 bridgehead atoms. The van der Waals surface area contributed by atoms with Gasteiger partial charge in [0.15, 0.2) is 0 Å². The minimum absolute atomic E-state index is 0.0604. The van der Waals surface area contributed by atoms with Gasteiger partial charge in [0, 0.05) is 19.6 Å². The van der Waals surface area contributed by atoms with Gasteiger partial charge in [-0.15, -0.1) is 0 Å². The van der Waals surface area contributed by atoms with Gasteiger partial charge in [-0.1, -0.05) is 12.1 Å². The van der Waals surface area contributed by atoms with E-state index >= 15 is 0 Å². The second-order valence-corrected chi connectivity index (χ2v) is 7.09. The molecule has 1 atom stereocenters. The Morgan fingerprint density at radius 2 is 1.93 bits per heavy atom. The molecule has 5 nitrogen and oxygen atoms in total. The van der Waals surface area contributed by atoms with Crippen LogP contribution in [0.15, 0.2) is 36.4 Å². The third kappa shape index (κ3) is 5.47. The van der Waals surface area contributed by atoms with E-state index < -0.39 is 0 Å². The summed E-state index contributed by atoms with van der Waals surface area (Å²) in [5.41, 5.74) is 3.17. The lowest BCUT2D eigenvalue weighted by atomic mass is 10.0. The second kappa shape index (κ2) is 8.91. The largest absolute Gasteiger partial charge is 0.508 e. The molecule has 5 heteroatoms. The van der Waals surface area contributed by atoms with Crippen LogP contribution in [0, 0.1) is 13.8 Å². The van der Waals surface area contributed by atoms with Crippen molar-refractivity contribution in [2.75, 3.05) is 13.2 Å². The summed E-state index contributed by atoms with van der Waals surface area (Å²) in [7, 11) is 0. The maximum atomic E-state index is 12.1. The van der Waals surface area contributed by atoms with E-state index in [1.165, 1.54) is 0 Å². The average molecular weight is 369 g/mol. The first-order valence-corrected chi connectivity index (χ1v) is 9.46. The van der Waals surface area contributed by atoms with Gasteiger partial charge in [-0.3, -0.25) is 4.79 Å². The number of aromatic hydroxyl groups is 1. The molecule has 1 amide bonds. The van der Waals surface area contributed by atoms with Crippen LogP contribution in [0.2, 0.25) is 0 Å². The van der Waals surface area contributed by atoms with Gasteiger partial charge in [0.1, 0.15) is 17.2 Å². The van der Waals surface area contributed by atoms with Gasteiger partial charge in [-0.05, 0) is 74.1 Å². The van der Waals surface area contributed by atoms with Gasteiger partial charge >= 0.3 is 0 Å². The summed E-state index contributed by atoms with van der Waals surface area (Å²) in [6.45, 7) is 5.42. The fourth-order valence-electron chi connectivity index (χ4n) is 3.36. The first kappa shape index (κ1) is 19.2. The van der Waals surface area contributed by atoms with Crippen LogP contribution in [0.3, 0.4) is 0 Å². The van der Waals surface area contributed by atoms with Crippen LogP contribution in [0.1, 0.15) is 36.0 Å². The number of phenols is 1. The molecule has 2 aromatic rings. The number of carbonyl (C=O) groups excluding carboxylic acids is 1. The zero-order chi connectivity index (χ0) is 19.2. The average Bonchev–Trinajstić information content (AvgIpc) is 3.16. The van der Waals surface area contributed by atoms with Crippen LogP contribution >= 0.6 is 0 Å². The molecule has 1 fully saturated rings. The van der Waals surface area contributed by atoms with Crippen molar-refractivity contribution in [3.63, 3.8) is 0 Å². The third-order valence-electron chi connectivity index (χ3n) is 4.77. The van der Waals surface area contributed by atoms with Crippen LogP contribution in [0.4, 0.5) is 0 Å². The standard InChI is InChI=1S/C22H27NO4/c1-15-12-17(5-10-21(25)23-14-20-4-3-11-26-20)13-16(2)22(15)27-19-8-6-18(24)7-9-19/h6-9,12-13,20,24H,3-5,10-11,14H2,1-2H3,(H,23,25). The molecule has 1 unspecified atom stereocenters. The molecule has 1 aliphatic heterocycles. The fourth-order valence-corrected chi connectivity index (χ4v) is 3.36. The smallest absolute Gasteiger partial charge is 0.220 e.